The van der Waals surface area contributed by atoms with E-state index in [1.807, 2.05) is 18.2 Å². The zero-order chi connectivity index (χ0) is 16.8. The Hall–Kier alpha value is -3.08. The van der Waals surface area contributed by atoms with Crippen molar-refractivity contribution in [3.63, 3.8) is 0 Å². The fourth-order valence-corrected chi connectivity index (χ4v) is 3.56. The van der Waals surface area contributed by atoms with Gasteiger partial charge in [0.2, 0.25) is 0 Å². The van der Waals surface area contributed by atoms with Gasteiger partial charge in [-0.05, 0) is 18.2 Å². The third kappa shape index (κ3) is 2.31. The van der Waals surface area contributed by atoms with Crippen LogP contribution in [0.15, 0.2) is 71.4 Å². The van der Waals surface area contributed by atoms with E-state index < -0.39 is 0 Å². The van der Waals surface area contributed by atoms with Gasteiger partial charge in [-0.3, -0.25) is 5.01 Å². The zero-order valence-electron chi connectivity index (χ0n) is 14.0. The van der Waals surface area contributed by atoms with Crippen LogP contribution in [0.3, 0.4) is 0 Å². The second-order valence-electron chi connectivity index (χ2n) is 6.48. The van der Waals surface area contributed by atoms with Gasteiger partial charge in [0, 0.05) is 28.7 Å². The molecule has 2 aromatic carbocycles. The van der Waals surface area contributed by atoms with Crippen LogP contribution in [-0.4, -0.2) is 23.4 Å². The van der Waals surface area contributed by atoms with E-state index in [0.717, 1.165) is 17.7 Å². The molecule has 1 aromatic heterocycles. The Morgan fingerprint density at radius 3 is 2.64 bits per heavy atom. The minimum Gasteiger partial charge on any atom is -0.455 e. The maximum absolute atomic E-state index is 6.05. The van der Waals surface area contributed by atoms with Gasteiger partial charge in [-0.15, -0.1) is 0 Å². The molecule has 0 fully saturated rings. The van der Waals surface area contributed by atoms with Crippen LogP contribution in [0.5, 0.6) is 0 Å². The standard InChI is InChI=1S/C20H18BN3O/c1-21-13-18-17-9-5-6-10-19(17)25-20(18)14-24(21)23-12-11-22(15-23)16-7-3-2-4-8-16/h2-14H,15H2,1H3. The summed E-state index contributed by atoms with van der Waals surface area (Å²) >= 11 is 0. The SMILES string of the molecule is CB1C=c2c(oc3ccccc23)=CN1N1C=CN(c2ccccc2)C1. The second-order valence-corrected chi connectivity index (χ2v) is 6.48. The number of rotatable bonds is 2. The van der Waals surface area contributed by atoms with Gasteiger partial charge in [-0.1, -0.05) is 49.2 Å². The summed E-state index contributed by atoms with van der Waals surface area (Å²) in [7, 11) is 0. The van der Waals surface area contributed by atoms with Crippen LogP contribution < -0.4 is 15.5 Å². The molecule has 5 rings (SSSR count). The molecule has 0 unspecified atom stereocenters. The molecular weight excluding hydrogens is 309 g/mol. The molecule has 25 heavy (non-hydrogen) atoms. The molecule has 3 heterocycles. The van der Waals surface area contributed by atoms with E-state index in [2.05, 4.69) is 82.6 Å². The Labute approximate surface area is 146 Å². The van der Waals surface area contributed by atoms with Crippen molar-refractivity contribution in [1.29, 1.82) is 0 Å². The van der Waals surface area contributed by atoms with Crippen molar-refractivity contribution < 1.29 is 4.42 Å². The Balaban J connectivity index is 1.49. The lowest BCUT2D eigenvalue weighted by molar-refractivity contribution is 0.206. The van der Waals surface area contributed by atoms with Crippen molar-refractivity contribution in [2.45, 2.75) is 6.82 Å². The molecule has 0 N–H and O–H groups in total. The number of hydrogen-bond acceptors (Lipinski definition) is 4. The number of benzene rings is 2. The molecule has 0 spiro atoms. The van der Waals surface area contributed by atoms with Gasteiger partial charge in [0.25, 0.3) is 0 Å². The highest BCUT2D eigenvalue weighted by Gasteiger charge is 2.26. The quantitative estimate of drug-likeness (QED) is 0.675. The molecule has 0 saturated heterocycles. The first-order valence-electron chi connectivity index (χ1n) is 8.56. The van der Waals surface area contributed by atoms with Crippen LogP contribution in [0, 0.1) is 0 Å². The second kappa shape index (κ2) is 5.48. The lowest BCUT2D eigenvalue weighted by atomic mass is 9.63. The summed E-state index contributed by atoms with van der Waals surface area (Å²) in [5.41, 5.74) is 3.06. The molecule has 2 aliphatic heterocycles. The normalized spacial score (nSPS) is 16.2. The van der Waals surface area contributed by atoms with Gasteiger partial charge in [0.1, 0.15) is 12.3 Å². The highest BCUT2D eigenvalue weighted by Crippen LogP contribution is 2.21. The van der Waals surface area contributed by atoms with Crippen LogP contribution >= 0.6 is 0 Å². The average molecular weight is 327 g/mol. The van der Waals surface area contributed by atoms with Crippen LogP contribution in [0.4, 0.5) is 5.69 Å². The van der Waals surface area contributed by atoms with E-state index in [0.29, 0.717) is 0 Å². The minimum absolute atomic E-state index is 0.258. The molecule has 0 saturated carbocycles. The van der Waals surface area contributed by atoms with Gasteiger partial charge in [-0.25, -0.2) is 0 Å². The number of fused-ring (bicyclic) bond motifs is 3. The third-order valence-corrected chi connectivity index (χ3v) is 4.84. The van der Waals surface area contributed by atoms with Crippen LogP contribution in [0.1, 0.15) is 0 Å². The molecule has 0 aliphatic carbocycles. The largest absolute Gasteiger partial charge is 0.455 e. The van der Waals surface area contributed by atoms with Crippen molar-refractivity contribution in [3.8, 4) is 0 Å². The summed E-state index contributed by atoms with van der Waals surface area (Å²) < 4.78 is 6.05. The molecule has 122 valence electrons. The smallest absolute Gasteiger partial charge is 0.303 e. The van der Waals surface area contributed by atoms with Gasteiger partial charge in [0.05, 0.1) is 6.20 Å². The lowest BCUT2D eigenvalue weighted by Crippen LogP contribution is -2.49. The van der Waals surface area contributed by atoms with E-state index >= 15 is 0 Å². The molecule has 0 atom stereocenters. The molecule has 2 aliphatic rings. The van der Waals surface area contributed by atoms with E-state index in [1.165, 1.54) is 16.3 Å². The van der Waals surface area contributed by atoms with E-state index in [1.54, 1.807) is 0 Å². The predicted molar refractivity (Wildman–Crippen MR) is 103 cm³/mol. The zero-order valence-corrected chi connectivity index (χ0v) is 14.0. The lowest BCUT2D eigenvalue weighted by Gasteiger charge is -2.35. The topological polar surface area (TPSA) is 22.9 Å². The Morgan fingerprint density at radius 2 is 1.76 bits per heavy atom. The number of hydrogen-bond donors (Lipinski definition) is 0. The number of anilines is 1. The number of furan rings is 1. The third-order valence-electron chi connectivity index (χ3n) is 4.84. The summed E-state index contributed by atoms with van der Waals surface area (Å²) in [4.78, 5) is 4.46. The summed E-state index contributed by atoms with van der Waals surface area (Å²) in [6.45, 7) is 3.25. The first-order valence-corrected chi connectivity index (χ1v) is 8.56. The summed E-state index contributed by atoms with van der Waals surface area (Å²) in [5, 5.41) is 4.59. The fourth-order valence-electron chi connectivity index (χ4n) is 3.56. The van der Waals surface area contributed by atoms with Gasteiger partial charge in [0.15, 0.2) is 5.42 Å². The first kappa shape index (κ1) is 14.3. The molecule has 0 bridgehead atoms. The Kier molecular flexibility index (Phi) is 3.13. The molecule has 0 amide bonds. The minimum atomic E-state index is 0.258. The van der Waals surface area contributed by atoms with Gasteiger partial charge in [-0.2, -0.15) is 0 Å². The maximum Gasteiger partial charge on any atom is 0.303 e. The Bertz CT molecular complexity index is 1070. The summed E-state index contributed by atoms with van der Waals surface area (Å²) in [5.74, 6) is 2.28. The predicted octanol–water partition coefficient (Wildman–Crippen LogP) is 2.59. The van der Waals surface area contributed by atoms with Crippen molar-refractivity contribution >= 4 is 35.7 Å². The molecule has 3 aromatic rings. The van der Waals surface area contributed by atoms with E-state index in [-0.39, 0.29) is 6.85 Å². The molecule has 0 radical (unpaired) electrons. The number of nitrogens with zero attached hydrogens (tertiary/aromatic N) is 3. The van der Waals surface area contributed by atoms with Crippen molar-refractivity contribution in [2.24, 2.45) is 0 Å². The average Bonchev–Trinajstić information content (AvgIpc) is 3.26. The summed E-state index contributed by atoms with van der Waals surface area (Å²) in [6.07, 6.45) is 6.34. The highest BCUT2D eigenvalue weighted by molar-refractivity contribution is 6.70. The van der Waals surface area contributed by atoms with Crippen LogP contribution in [-0.2, 0) is 0 Å². The summed E-state index contributed by atoms with van der Waals surface area (Å²) in [6, 6.07) is 18.6. The first-order chi connectivity index (χ1) is 12.3. The fraction of sp³-hybridized carbons (Fsp3) is 0.100. The molecular formula is C20H18BN3O. The number of hydrazine groups is 1. The Morgan fingerprint density at radius 1 is 0.960 bits per heavy atom. The number of para-hydroxylation sites is 2. The van der Waals surface area contributed by atoms with E-state index in [4.69, 9.17) is 4.42 Å². The van der Waals surface area contributed by atoms with Crippen molar-refractivity contribution in [3.05, 3.63) is 77.6 Å². The van der Waals surface area contributed by atoms with Crippen molar-refractivity contribution in [1.82, 2.24) is 9.93 Å². The van der Waals surface area contributed by atoms with Crippen molar-refractivity contribution in [2.75, 3.05) is 11.6 Å². The van der Waals surface area contributed by atoms with Crippen LogP contribution in [0.2, 0.25) is 6.82 Å². The van der Waals surface area contributed by atoms with Gasteiger partial charge < -0.3 is 14.2 Å². The highest BCUT2D eigenvalue weighted by atomic mass is 16.3. The van der Waals surface area contributed by atoms with E-state index in [9.17, 15) is 0 Å². The molecule has 5 heteroatoms. The monoisotopic (exact) mass is 327 g/mol. The van der Waals surface area contributed by atoms with Gasteiger partial charge >= 0.3 is 6.85 Å². The van der Waals surface area contributed by atoms with Crippen LogP contribution in [0.25, 0.3) is 23.1 Å². The maximum atomic E-state index is 6.05. The molecule has 4 nitrogen and oxygen atoms in total.